The molecule has 0 spiro atoms. The molecule has 0 amide bonds. The molecule has 4 rings (SSSR count). The molecule has 0 fully saturated rings. The van der Waals surface area contributed by atoms with E-state index in [4.69, 9.17) is 26.5 Å². The Morgan fingerprint density at radius 3 is 2.64 bits per heavy atom. The van der Waals surface area contributed by atoms with E-state index >= 15 is 0 Å². The number of thiocarbonyl (C=S) groups is 1. The molecule has 2 aromatic carbocycles. The Bertz CT molecular complexity index is 1150. The van der Waals surface area contributed by atoms with E-state index in [9.17, 15) is 0 Å². The van der Waals surface area contributed by atoms with Crippen molar-refractivity contribution in [3.05, 3.63) is 76.8 Å². The third-order valence-electron chi connectivity index (χ3n) is 5.98. The quantitative estimate of drug-likeness (QED) is 0.360. The molecule has 1 aliphatic heterocycles. The van der Waals surface area contributed by atoms with Crippen molar-refractivity contribution in [2.45, 2.75) is 39.7 Å². The lowest BCUT2D eigenvalue weighted by Gasteiger charge is -2.37. The summed E-state index contributed by atoms with van der Waals surface area (Å²) in [5, 5.41) is 8.50. The molecule has 6 nitrogen and oxygen atoms in total. The Labute approximate surface area is 200 Å². The van der Waals surface area contributed by atoms with Gasteiger partial charge in [-0.1, -0.05) is 60.1 Å². The standard InChI is InChI=1S/C26H30N4O2S/c1-5-19-10-12-20(13-11-19)23-22(18(3)30(26(33)27-23)14-7-15-31-4)25-28-24(29-32-25)21-9-6-8-17(2)16-21/h6,8-13,16,23H,5,7,14-15H2,1-4H3,(H,27,33). The van der Waals surface area contributed by atoms with Crippen LogP contribution >= 0.6 is 12.2 Å². The van der Waals surface area contributed by atoms with Gasteiger partial charge in [0, 0.05) is 31.5 Å². The van der Waals surface area contributed by atoms with Gasteiger partial charge in [0.2, 0.25) is 5.82 Å². The largest absolute Gasteiger partial charge is 0.385 e. The van der Waals surface area contributed by atoms with Gasteiger partial charge in [0.15, 0.2) is 5.11 Å². The highest BCUT2D eigenvalue weighted by atomic mass is 32.1. The molecular weight excluding hydrogens is 432 g/mol. The van der Waals surface area contributed by atoms with Gasteiger partial charge in [-0.05, 0) is 56.1 Å². The van der Waals surface area contributed by atoms with Gasteiger partial charge >= 0.3 is 0 Å². The molecule has 1 unspecified atom stereocenters. The minimum atomic E-state index is -0.173. The second kappa shape index (κ2) is 10.3. The van der Waals surface area contributed by atoms with Gasteiger partial charge in [-0.25, -0.2) is 0 Å². The first-order valence-corrected chi connectivity index (χ1v) is 11.7. The monoisotopic (exact) mass is 462 g/mol. The molecule has 1 atom stereocenters. The summed E-state index contributed by atoms with van der Waals surface area (Å²) in [6.45, 7) is 7.69. The summed E-state index contributed by atoms with van der Waals surface area (Å²) in [6, 6.07) is 16.5. The highest BCUT2D eigenvalue weighted by Crippen LogP contribution is 2.37. The van der Waals surface area contributed by atoms with E-state index in [1.807, 2.05) is 12.1 Å². The Balaban J connectivity index is 1.76. The number of aryl methyl sites for hydroxylation is 2. The molecule has 1 N–H and O–H groups in total. The Morgan fingerprint density at radius 1 is 1.15 bits per heavy atom. The summed E-state index contributed by atoms with van der Waals surface area (Å²) in [6.07, 6.45) is 1.85. The van der Waals surface area contributed by atoms with Gasteiger partial charge in [0.25, 0.3) is 5.89 Å². The number of aromatic nitrogens is 2. The lowest BCUT2D eigenvalue weighted by molar-refractivity contribution is 0.188. The molecule has 1 aromatic heterocycles. The normalized spacial score (nSPS) is 16.3. The first-order chi connectivity index (χ1) is 16.0. The van der Waals surface area contributed by atoms with Gasteiger partial charge in [-0.2, -0.15) is 4.98 Å². The van der Waals surface area contributed by atoms with Crippen LogP contribution in [0.3, 0.4) is 0 Å². The number of nitrogens with zero attached hydrogens (tertiary/aromatic N) is 3. The molecule has 2 heterocycles. The fourth-order valence-electron chi connectivity index (χ4n) is 4.12. The second-order valence-corrected chi connectivity index (χ2v) is 8.65. The number of hydrogen-bond acceptors (Lipinski definition) is 5. The van der Waals surface area contributed by atoms with E-state index in [1.165, 1.54) is 5.56 Å². The van der Waals surface area contributed by atoms with Crippen LogP contribution in [-0.2, 0) is 11.2 Å². The molecule has 3 aromatic rings. The number of hydrogen-bond donors (Lipinski definition) is 1. The molecule has 7 heteroatoms. The number of methoxy groups -OCH3 is 1. The zero-order chi connectivity index (χ0) is 23.4. The SMILES string of the molecule is CCc1ccc(C2NC(=S)N(CCCOC)C(C)=C2c2nc(-c3cccc(C)c3)no2)cc1. The van der Waals surface area contributed by atoms with E-state index in [0.717, 1.165) is 47.3 Å². The number of allylic oxidation sites excluding steroid dienone is 1. The third-order valence-corrected chi connectivity index (χ3v) is 6.32. The van der Waals surface area contributed by atoms with Crippen molar-refractivity contribution >= 4 is 22.9 Å². The van der Waals surface area contributed by atoms with Crippen molar-refractivity contribution in [2.24, 2.45) is 0 Å². The predicted molar refractivity (Wildman–Crippen MR) is 135 cm³/mol. The van der Waals surface area contributed by atoms with Gasteiger partial charge < -0.3 is 19.5 Å². The van der Waals surface area contributed by atoms with E-state index in [1.54, 1.807) is 7.11 Å². The molecule has 0 saturated carbocycles. The van der Waals surface area contributed by atoms with Crippen LogP contribution in [0.2, 0.25) is 0 Å². The highest BCUT2D eigenvalue weighted by Gasteiger charge is 2.33. The molecule has 0 aliphatic carbocycles. The second-order valence-electron chi connectivity index (χ2n) is 8.27. The number of ether oxygens (including phenoxy) is 1. The smallest absolute Gasteiger partial charge is 0.258 e. The average molecular weight is 463 g/mol. The van der Waals surface area contributed by atoms with Crippen LogP contribution in [0.25, 0.3) is 17.0 Å². The molecule has 33 heavy (non-hydrogen) atoms. The first-order valence-electron chi connectivity index (χ1n) is 11.3. The summed E-state index contributed by atoms with van der Waals surface area (Å²) in [7, 11) is 1.71. The van der Waals surface area contributed by atoms with Gasteiger partial charge in [0.05, 0.1) is 11.6 Å². The van der Waals surface area contributed by atoms with E-state index in [-0.39, 0.29) is 6.04 Å². The summed E-state index contributed by atoms with van der Waals surface area (Å²) < 4.78 is 11.1. The third kappa shape index (κ3) is 4.99. The first kappa shape index (κ1) is 23.1. The van der Waals surface area contributed by atoms with Crippen LogP contribution < -0.4 is 5.32 Å². The van der Waals surface area contributed by atoms with Crippen molar-refractivity contribution in [3.8, 4) is 11.4 Å². The minimum absolute atomic E-state index is 0.173. The maximum atomic E-state index is 5.82. The number of benzene rings is 2. The lowest BCUT2D eigenvalue weighted by atomic mass is 9.94. The van der Waals surface area contributed by atoms with Crippen molar-refractivity contribution < 1.29 is 9.26 Å². The summed E-state index contributed by atoms with van der Waals surface area (Å²) >= 11 is 5.75. The van der Waals surface area contributed by atoms with Gasteiger partial charge in [0.1, 0.15) is 0 Å². The van der Waals surface area contributed by atoms with E-state index in [0.29, 0.717) is 23.4 Å². The van der Waals surface area contributed by atoms with Gasteiger partial charge in [-0.15, -0.1) is 0 Å². The maximum absolute atomic E-state index is 5.82. The van der Waals surface area contributed by atoms with Crippen molar-refractivity contribution in [1.29, 1.82) is 0 Å². The van der Waals surface area contributed by atoms with Crippen LogP contribution in [0, 0.1) is 6.92 Å². The molecule has 1 aliphatic rings. The van der Waals surface area contributed by atoms with Crippen molar-refractivity contribution in [3.63, 3.8) is 0 Å². The Morgan fingerprint density at radius 2 is 1.94 bits per heavy atom. The lowest BCUT2D eigenvalue weighted by Crippen LogP contribution is -2.46. The zero-order valence-electron chi connectivity index (χ0n) is 19.6. The summed E-state index contributed by atoms with van der Waals surface area (Å²) in [5.41, 5.74) is 6.44. The fraction of sp³-hybridized carbons (Fsp3) is 0.346. The molecule has 0 bridgehead atoms. The van der Waals surface area contributed by atoms with Crippen LogP contribution in [-0.4, -0.2) is 40.4 Å². The maximum Gasteiger partial charge on any atom is 0.258 e. The molecule has 172 valence electrons. The molecular formula is C26H30N4O2S. The zero-order valence-corrected chi connectivity index (χ0v) is 20.4. The van der Waals surface area contributed by atoms with Crippen LogP contribution in [0.15, 0.2) is 58.8 Å². The summed E-state index contributed by atoms with van der Waals surface area (Å²) in [4.78, 5) is 6.89. The van der Waals surface area contributed by atoms with E-state index in [2.05, 4.69) is 72.5 Å². The number of rotatable bonds is 8. The number of nitrogens with one attached hydrogen (secondary N) is 1. The fourth-order valence-corrected chi connectivity index (χ4v) is 4.47. The van der Waals surface area contributed by atoms with Crippen molar-refractivity contribution in [2.75, 3.05) is 20.3 Å². The highest BCUT2D eigenvalue weighted by molar-refractivity contribution is 7.80. The Hall–Kier alpha value is -3.03. The average Bonchev–Trinajstić information content (AvgIpc) is 3.31. The van der Waals surface area contributed by atoms with Gasteiger partial charge in [-0.3, -0.25) is 0 Å². The van der Waals surface area contributed by atoms with Crippen LogP contribution in [0.5, 0.6) is 0 Å². The molecule has 0 saturated heterocycles. The Kier molecular flexibility index (Phi) is 7.20. The van der Waals surface area contributed by atoms with E-state index < -0.39 is 0 Å². The minimum Gasteiger partial charge on any atom is -0.385 e. The van der Waals surface area contributed by atoms with Crippen LogP contribution in [0.1, 0.15) is 48.9 Å². The topological polar surface area (TPSA) is 63.4 Å². The van der Waals surface area contributed by atoms with Crippen LogP contribution in [0.4, 0.5) is 0 Å². The predicted octanol–water partition coefficient (Wildman–Crippen LogP) is 5.31. The van der Waals surface area contributed by atoms with Crippen molar-refractivity contribution in [1.82, 2.24) is 20.4 Å². The summed E-state index contributed by atoms with van der Waals surface area (Å²) in [5.74, 6) is 1.08. The molecule has 0 radical (unpaired) electrons.